The van der Waals surface area contributed by atoms with Gasteiger partial charge in [-0.2, -0.15) is 5.26 Å². The SMILES string of the molecule is COCCOc1ccc(Cl)cc1Nc1nccc(-c2cc(C#N)c3c(c2)[C@](C)(CO)CN3)n1. The number of nitrogens with one attached hydrogen (secondary N) is 2. The van der Waals surface area contributed by atoms with Crippen molar-refractivity contribution in [3.05, 3.63) is 58.7 Å². The molecule has 1 aliphatic heterocycles. The van der Waals surface area contributed by atoms with Gasteiger partial charge in [-0.05, 0) is 42.0 Å². The second-order valence-corrected chi connectivity index (χ2v) is 8.44. The monoisotopic (exact) mass is 465 g/mol. The smallest absolute Gasteiger partial charge is 0.227 e. The van der Waals surface area contributed by atoms with Crippen molar-refractivity contribution in [1.82, 2.24) is 9.97 Å². The van der Waals surface area contributed by atoms with E-state index in [9.17, 15) is 10.4 Å². The van der Waals surface area contributed by atoms with E-state index >= 15 is 0 Å². The number of benzene rings is 2. The Morgan fingerprint density at radius 2 is 2.12 bits per heavy atom. The lowest BCUT2D eigenvalue weighted by molar-refractivity contribution is 0.146. The first-order valence-corrected chi connectivity index (χ1v) is 10.8. The highest BCUT2D eigenvalue weighted by Crippen LogP contribution is 2.41. The summed E-state index contributed by atoms with van der Waals surface area (Å²) in [5.74, 6) is 0.952. The van der Waals surface area contributed by atoms with Crippen LogP contribution in [0.3, 0.4) is 0 Å². The summed E-state index contributed by atoms with van der Waals surface area (Å²) in [6, 6.07) is 13.0. The molecule has 1 aliphatic rings. The average Bonchev–Trinajstić information content (AvgIpc) is 3.17. The molecule has 0 fully saturated rings. The van der Waals surface area contributed by atoms with Gasteiger partial charge >= 0.3 is 0 Å². The third-order valence-corrected chi connectivity index (χ3v) is 5.83. The van der Waals surface area contributed by atoms with E-state index in [0.717, 1.165) is 16.8 Å². The molecule has 3 N–H and O–H groups in total. The summed E-state index contributed by atoms with van der Waals surface area (Å²) in [6.45, 7) is 3.34. The Morgan fingerprint density at radius 1 is 1.27 bits per heavy atom. The minimum Gasteiger partial charge on any atom is -0.489 e. The van der Waals surface area contributed by atoms with Crippen molar-refractivity contribution in [2.45, 2.75) is 12.3 Å². The number of aliphatic hydroxyl groups is 1. The molecule has 0 amide bonds. The van der Waals surface area contributed by atoms with Crippen LogP contribution in [0.1, 0.15) is 18.1 Å². The van der Waals surface area contributed by atoms with Gasteiger partial charge in [-0.3, -0.25) is 0 Å². The Kier molecular flexibility index (Phi) is 6.65. The highest BCUT2D eigenvalue weighted by Gasteiger charge is 2.35. The largest absolute Gasteiger partial charge is 0.489 e. The number of rotatable bonds is 8. The molecule has 0 saturated heterocycles. The first kappa shape index (κ1) is 22.8. The van der Waals surface area contributed by atoms with Crippen LogP contribution >= 0.6 is 11.6 Å². The fourth-order valence-electron chi connectivity index (χ4n) is 3.73. The van der Waals surface area contributed by atoms with Crippen molar-refractivity contribution in [2.24, 2.45) is 0 Å². The van der Waals surface area contributed by atoms with Crippen molar-refractivity contribution in [3.63, 3.8) is 0 Å². The van der Waals surface area contributed by atoms with Gasteiger partial charge in [0.15, 0.2) is 0 Å². The summed E-state index contributed by atoms with van der Waals surface area (Å²) in [4.78, 5) is 8.97. The number of nitriles is 1. The maximum Gasteiger partial charge on any atom is 0.227 e. The normalized spacial score (nSPS) is 16.6. The van der Waals surface area contributed by atoms with Crippen molar-refractivity contribution in [3.8, 4) is 23.1 Å². The molecule has 33 heavy (non-hydrogen) atoms. The number of hydrogen-bond donors (Lipinski definition) is 3. The average molecular weight is 466 g/mol. The molecule has 2 heterocycles. The first-order chi connectivity index (χ1) is 16.0. The number of methoxy groups -OCH3 is 1. The predicted molar refractivity (Wildman–Crippen MR) is 127 cm³/mol. The Bertz CT molecular complexity index is 1210. The number of aliphatic hydroxyl groups excluding tert-OH is 1. The number of fused-ring (bicyclic) bond motifs is 1. The molecule has 3 aromatic rings. The highest BCUT2D eigenvalue weighted by atomic mass is 35.5. The van der Waals surface area contributed by atoms with Crippen LogP contribution in [-0.4, -0.2) is 48.5 Å². The minimum atomic E-state index is -0.472. The van der Waals surface area contributed by atoms with Gasteiger partial charge in [0, 0.05) is 35.9 Å². The van der Waals surface area contributed by atoms with E-state index in [0.29, 0.717) is 53.4 Å². The van der Waals surface area contributed by atoms with Crippen molar-refractivity contribution in [2.75, 3.05) is 44.1 Å². The zero-order valence-corrected chi connectivity index (χ0v) is 19.1. The lowest BCUT2D eigenvalue weighted by atomic mass is 9.83. The van der Waals surface area contributed by atoms with Gasteiger partial charge in [-0.25, -0.2) is 9.97 Å². The number of anilines is 3. The van der Waals surface area contributed by atoms with Gasteiger partial charge in [0.2, 0.25) is 5.95 Å². The number of halogens is 1. The van der Waals surface area contributed by atoms with Crippen LogP contribution in [0.2, 0.25) is 5.02 Å². The Hall–Kier alpha value is -3.38. The van der Waals surface area contributed by atoms with E-state index < -0.39 is 5.41 Å². The quantitative estimate of drug-likeness (QED) is 0.426. The number of ether oxygens (including phenoxy) is 2. The van der Waals surface area contributed by atoms with Gasteiger partial charge in [-0.1, -0.05) is 18.5 Å². The van der Waals surface area contributed by atoms with Crippen LogP contribution in [0, 0.1) is 11.3 Å². The highest BCUT2D eigenvalue weighted by molar-refractivity contribution is 6.31. The van der Waals surface area contributed by atoms with Crippen molar-refractivity contribution < 1.29 is 14.6 Å². The van der Waals surface area contributed by atoms with Crippen molar-refractivity contribution in [1.29, 1.82) is 5.26 Å². The summed E-state index contributed by atoms with van der Waals surface area (Å²) < 4.78 is 10.8. The standard InChI is InChI=1S/C24H24ClN5O3/c1-24(14-31)13-28-22-16(12-26)9-15(10-18(22)24)19-5-6-27-23(29-19)30-20-11-17(25)3-4-21(20)33-8-7-32-2/h3-6,9-11,28,31H,7-8,13-14H2,1-2H3,(H,27,29,30)/t24-/m0/s1. The molecule has 0 spiro atoms. The molecular weight excluding hydrogens is 442 g/mol. The van der Waals surface area contributed by atoms with Gasteiger partial charge in [0.1, 0.15) is 18.4 Å². The molecule has 4 rings (SSSR count). The number of nitrogens with zero attached hydrogens (tertiary/aromatic N) is 3. The summed E-state index contributed by atoms with van der Waals surface area (Å²) in [7, 11) is 1.61. The van der Waals surface area contributed by atoms with Crippen LogP contribution in [0.25, 0.3) is 11.3 Å². The van der Waals surface area contributed by atoms with Gasteiger partial charge < -0.3 is 25.2 Å². The molecule has 8 nitrogen and oxygen atoms in total. The molecule has 2 aromatic carbocycles. The second-order valence-electron chi connectivity index (χ2n) is 8.00. The van der Waals surface area contributed by atoms with Crippen LogP contribution in [0.4, 0.5) is 17.3 Å². The molecule has 9 heteroatoms. The Labute approximate surface area is 197 Å². The minimum absolute atomic E-state index is 0.0293. The van der Waals surface area contributed by atoms with Gasteiger partial charge in [0.25, 0.3) is 0 Å². The molecule has 0 radical (unpaired) electrons. The number of aromatic nitrogens is 2. The summed E-state index contributed by atoms with van der Waals surface area (Å²) >= 11 is 6.18. The molecule has 1 atom stereocenters. The molecule has 0 aliphatic carbocycles. The van der Waals surface area contributed by atoms with Gasteiger partial charge in [-0.15, -0.1) is 0 Å². The zero-order valence-electron chi connectivity index (χ0n) is 18.4. The fourth-order valence-corrected chi connectivity index (χ4v) is 3.90. The van der Waals surface area contributed by atoms with E-state index in [1.54, 1.807) is 43.6 Å². The summed E-state index contributed by atoms with van der Waals surface area (Å²) in [5.41, 5.74) is 3.73. The van der Waals surface area contributed by atoms with Crippen molar-refractivity contribution >= 4 is 28.9 Å². The van der Waals surface area contributed by atoms with Crippen LogP contribution in [0.15, 0.2) is 42.6 Å². The van der Waals surface area contributed by atoms with Crippen LogP contribution in [0.5, 0.6) is 5.75 Å². The number of hydrogen-bond acceptors (Lipinski definition) is 8. The first-order valence-electron chi connectivity index (χ1n) is 10.4. The van der Waals surface area contributed by atoms with E-state index in [-0.39, 0.29) is 6.61 Å². The van der Waals surface area contributed by atoms with E-state index in [4.69, 9.17) is 21.1 Å². The molecule has 0 saturated carbocycles. The second kappa shape index (κ2) is 9.63. The maximum atomic E-state index is 9.94. The van der Waals surface area contributed by atoms with Crippen LogP contribution in [-0.2, 0) is 10.2 Å². The van der Waals surface area contributed by atoms with E-state index in [1.165, 1.54) is 0 Å². The fraction of sp³-hybridized carbons (Fsp3) is 0.292. The maximum absolute atomic E-state index is 9.94. The predicted octanol–water partition coefficient (Wildman–Crippen LogP) is 4.11. The third kappa shape index (κ3) is 4.71. The van der Waals surface area contributed by atoms with E-state index in [2.05, 4.69) is 26.7 Å². The topological polar surface area (TPSA) is 112 Å². The van der Waals surface area contributed by atoms with Gasteiger partial charge in [0.05, 0.1) is 35.8 Å². The summed E-state index contributed by atoms with van der Waals surface area (Å²) in [6.07, 6.45) is 1.64. The molecule has 0 unspecified atom stereocenters. The lowest BCUT2D eigenvalue weighted by Crippen LogP contribution is -2.28. The molecular formula is C24H24ClN5O3. The lowest BCUT2D eigenvalue weighted by Gasteiger charge is -2.21. The van der Waals surface area contributed by atoms with Crippen LogP contribution < -0.4 is 15.4 Å². The Morgan fingerprint density at radius 3 is 2.88 bits per heavy atom. The zero-order chi connectivity index (χ0) is 23.4. The summed E-state index contributed by atoms with van der Waals surface area (Å²) in [5, 5.41) is 26.6. The molecule has 1 aromatic heterocycles. The Balaban J connectivity index is 1.67. The molecule has 170 valence electrons. The molecule has 0 bridgehead atoms. The van der Waals surface area contributed by atoms with E-state index in [1.807, 2.05) is 13.0 Å². The third-order valence-electron chi connectivity index (χ3n) is 5.60.